The van der Waals surface area contributed by atoms with Gasteiger partial charge in [-0.1, -0.05) is 0 Å². The number of rotatable bonds is 3. The zero-order chi connectivity index (χ0) is 16.0. The van der Waals surface area contributed by atoms with Crippen LogP contribution in [-0.4, -0.2) is 46.9 Å². The highest BCUT2D eigenvalue weighted by Crippen LogP contribution is 2.44. The summed E-state index contributed by atoms with van der Waals surface area (Å²) in [7, 11) is 2.08. The molecular weight excluding hydrogens is 297 g/mol. The zero-order valence-electron chi connectivity index (χ0n) is 12.3. The van der Waals surface area contributed by atoms with Crippen molar-refractivity contribution in [2.24, 2.45) is 0 Å². The first-order chi connectivity index (χ1) is 10.3. The Hall–Kier alpha value is -1.34. The van der Waals surface area contributed by atoms with Crippen molar-refractivity contribution in [1.29, 1.82) is 0 Å². The lowest BCUT2D eigenvalue weighted by Gasteiger charge is -2.42. The minimum atomic E-state index is -4.38. The molecule has 2 aliphatic rings. The van der Waals surface area contributed by atoms with Crippen molar-refractivity contribution >= 4 is 0 Å². The fourth-order valence-corrected chi connectivity index (χ4v) is 3.58. The van der Waals surface area contributed by atoms with E-state index < -0.39 is 18.4 Å². The number of pyridine rings is 1. The summed E-state index contributed by atoms with van der Waals surface area (Å²) in [6, 6.07) is 3.71. The fourth-order valence-electron chi connectivity index (χ4n) is 3.58. The van der Waals surface area contributed by atoms with E-state index in [-0.39, 0.29) is 5.88 Å². The van der Waals surface area contributed by atoms with Crippen molar-refractivity contribution in [3.05, 3.63) is 23.9 Å². The molecule has 7 heteroatoms. The number of aliphatic hydroxyl groups is 1. The molecule has 2 aliphatic heterocycles. The van der Waals surface area contributed by atoms with Gasteiger partial charge < -0.3 is 14.7 Å². The van der Waals surface area contributed by atoms with Crippen LogP contribution in [0.3, 0.4) is 0 Å². The molecule has 3 rings (SSSR count). The van der Waals surface area contributed by atoms with Crippen LogP contribution in [0, 0.1) is 0 Å². The van der Waals surface area contributed by atoms with Crippen LogP contribution in [0.1, 0.15) is 31.2 Å². The van der Waals surface area contributed by atoms with Crippen molar-refractivity contribution in [3.8, 4) is 5.88 Å². The van der Waals surface area contributed by atoms with Gasteiger partial charge in [-0.2, -0.15) is 13.2 Å². The molecule has 0 aliphatic carbocycles. The van der Waals surface area contributed by atoms with Crippen LogP contribution in [0.15, 0.2) is 18.3 Å². The maximum Gasteiger partial charge on any atom is 0.422 e. The molecule has 0 aromatic carbocycles. The summed E-state index contributed by atoms with van der Waals surface area (Å²) in [5.74, 6) is -0.0828. The molecule has 1 aromatic rings. The summed E-state index contributed by atoms with van der Waals surface area (Å²) in [4.78, 5) is 6.20. The minimum Gasteiger partial charge on any atom is -0.468 e. The number of nitrogens with zero attached hydrogens (tertiary/aromatic N) is 2. The minimum absolute atomic E-state index is 0.0828. The maximum absolute atomic E-state index is 12.1. The zero-order valence-corrected chi connectivity index (χ0v) is 12.3. The normalized spacial score (nSPS) is 32.2. The van der Waals surface area contributed by atoms with Gasteiger partial charge >= 0.3 is 6.18 Å². The van der Waals surface area contributed by atoms with Crippen LogP contribution < -0.4 is 4.74 Å². The summed E-state index contributed by atoms with van der Waals surface area (Å²) in [6.07, 6.45) is 0.449. The van der Waals surface area contributed by atoms with Gasteiger partial charge in [0.1, 0.15) is 0 Å². The number of hydrogen-bond donors (Lipinski definition) is 1. The van der Waals surface area contributed by atoms with Crippen molar-refractivity contribution in [2.45, 2.75) is 49.5 Å². The molecule has 0 amide bonds. The van der Waals surface area contributed by atoms with E-state index >= 15 is 0 Å². The second-order valence-corrected chi connectivity index (χ2v) is 6.28. The third-order valence-corrected chi connectivity index (χ3v) is 4.79. The van der Waals surface area contributed by atoms with E-state index in [1.54, 1.807) is 6.07 Å². The average molecular weight is 316 g/mol. The van der Waals surface area contributed by atoms with Crippen LogP contribution in [-0.2, 0) is 5.60 Å². The first-order valence-electron chi connectivity index (χ1n) is 7.37. The maximum atomic E-state index is 12.1. The van der Waals surface area contributed by atoms with Gasteiger partial charge in [0.15, 0.2) is 6.61 Å². The number of ether oxygens (including phenoxy) is 1. The molecule has 2 fully saturated rings. The lowest BCUT2D eigenvalue weighted by Crippen LogP contribution is -2.47. The predicted molar refractivity (Wildman–Crippen MR) is 73.5 cm³/mol. The molecule has 0 spiro atoms. The number of piperidine rings is 1. The Balaban J connectivity index is 1.70. The Bertz CT molecular complexity index is 519. The standard InChI is InChI=1S/C15H19F3N2O2/c1-20-11-3-4-12(20)7-14(21,6-11)10-2-5-13(19-8-10)22-9-15(16,17)18/h2,5,8,11-12,21H,3-4,6-7,9H2,1H3. The highest BCUT2D eigenvalue weighted by Gasteiger charge is 2.46. The highest BCUT2D eigenvalue weighted by molar-refractivity contribution is 5.25. The molecule has 2 bridgehead atoms. The molecule has 2 atom stereocenters. The molecule has 0 saturated carbocycles. The summed E-state index contributed by atoms with van der Waals surface area (Å²) >= 11 is 0. The third kappa shape index (κ3) is 3.05. The Morgan fingerprint density at radius 3 is 2.45 bits per heavy atom. The third-order valence-electron chi connectivity index (χ3n) is 4.79. The van der Waals surface area contributed by atoms with Crippen LogP contribution in [0.5, 0.6) is 5.88 Å². The van der Waals surface area contributed by atoms with E-state index in [1.807, 2.05) is 0 Å². The van der Waals surface area contributed by atoms with Crippen LogP contribution in [0.2, 0.25) is 0 Å². The van der Waals surface area contributed by atoms with Crippen molar-refractivity contribution < 1.29 is 23.0 Å². The van der Waals surface area contributed by atoms with E-state index in [0.29, 0.717) is 30.5 Å². The lowest BCUT2D eigenvalue weighted by molar-refractivity contribution is -0.154. The van der Waals surface area contributed by atoms with Crippen LogP contribution in [0.25, 0.3) is 0 Å². The molecule has 1 N–H and O–H groups in total. The number of aromatic nitrogens is 1. The summed E-state index contributed by atoms with van der Waals surface area (Å²) in [5.41, 5.74) is -0.301. The number of hydrogen-bond acceptors (Lipinski definition) is 4. The van der Waals surface area contributed by atoms with Gasteiger partial charge in [-0.05, 0) is 38.8 Å². The van der Waals surface area contributed by atoms with Gasteiger partial charge in [0, 0.05) is 29.9 Å². The van der Waals surface area contributed by atoms with Gasteiger partial charge in [0.2, 0.25) is 5.88 Å². The molecule has 2 saturated heterocycles. The Morgan fingerprint density at radius 1 is 1.32 bits per heavy atom. The van der Waals surface area contributed by atoms with Crippen molar-refractivity contribution in [1.82, 2.24) is 9.88 Å². The van der Waals surface area contributed by atoms with Crippen molar-refractivity contribution in [2.75, 3.05) is 13.7 Å². The van der Waals surface area contributed by atoms with Gasteiger partial charge in [-0.25, -0.2) is 4.98 Å². The largest absolute Gasteiger partial charge is 0.468 e. The van der Waals surface area contributed by atoms with Crippen LogP contribution in [0.4, 0.5) is 13.2 Å². The number of halogens is 3. The highest BCUT2D eigenvalue weighted by atomic mass is 19.4. The Kier molecular flexibility index (Phi) is 3.81. The second kappa shape index (κ2) is 5.38. The summed E-state index contributed by atoms with van der Waals surface area (Å²) in [6.45, 7) is -1.36. The molecular formula is C15H19F3N2O2. The van der Waals surface area contributed by atoms with Crippen LogP contribution >= 0.6 is 0 Å². The van der Waals surface area contributed by atoms with E-state index in [0.717, 1.165) is 12.8 Å². The van der Waals surface area contributed by atoms with Gasteiger partial charge in [-0.15, -0.1) is 0 Å². The SMILES string of the molecule is CN1C2CCC1CC(O)(c1ccc(OCC(F)(F)F)nc1)C2. The number of alkyl halides is 3. The van der Waals surface area contributed by atoms with Gasteiger partial charge in [0.25, 0.3) is 0 Å². The molecule has 2 unspecified atom stereocenters. The summed E-state index contributed by atoms with van der Waals surface area (Å²) < 4.78 is 40.9. The predicted octanol–water partition coefficient (Wildman–Crippen LogP) is 2.47. The van der Waals surface area contributed by atoms with Crippen molar-refractivity contribution in [3.63, 3.8) is 0 Å². The first-order valence-corrected chi connectivity index (χ1v) is 7.37. The molecule has 3 heterocycles. The quantitative estimate of drug-likeness (QED) is 0.930. The van der Waals surface area contributed by atoms with Gasteiger partial charge in [-0.3, -0.25) is 0 Å². The molecule has 1 aromatic heterocycles. The topological polar surface area (TPSA) is 45.6 Å². The Morgan fingerprint density at radius 2 is 1.95 bits per heavy atom. The molecule has 0 radical (unpaired) electrons. The van der Waals surface area contributed by atoms with E-state index in [1.165, 1.54) is 12.3 Å². The van der Waals surface area contributed by atoms with Gasteiger partial charge in [0.05, 0.1) is 5.60 Å². The Labute approximate surface area is 126 Å². The lowest BCUT2D eigenvalue weighted by atomic mass is 9.81. The monoisotopic (exact) mass is 316 g/mol. The first kappa shape index (κ1) is 15.6. The fraction of sp³-hybridized carbons (Fsp3) is 0.667. The summed E-state index contributed by atoms with van der Waals surface area (Å²) in [5, 5.41) is 10.9. The molecule has 22 heavy (non-hydrogen) atoms. The average Bonchev–Trinajstić information content (AvgIpc) is 2.68. The molecule has 4 nitrogen and oxygen atoms in total. The second-order valence-electron chi connectivity index (χ2n) is 6.28. The van der Waals surface area contributed by atoms with E-state index in [4.69, 9.17) is 0 Å². The van der Waals surface area contributed by atoms with E-state index in [2.05, 4.69) is 21.7 Å². The smallest absolute Gasteiger partial charge is 0.422 e. The number of fused-ring (bicyclic) bond motifs is 2. The molecule has 122 valence electrons. The van der Waals surface area contributed by atoms with E-state index in [9.17, 15) is 18.3 Å².